The molecular formula is C14H21NO2S2. The first-order valence-corrected chi connectivity index (χ1v) is 9.57. The van der Waals surface area contributed by atoms with Crippen LogP contribution < -0.4 is 5.32 Å². The van der Waals surface area contributed by atoms with Gasteiger partial charge < -0.3 is 5.32 Å². The van der Waals surface area contributed by atoms with Gasteiger partial charge in [-0.25, -0.2) is 8.42 Å². The molecule has 3 nitrogen and oxygen atoms in total. The quantitative estimate of drug-likeness (QED) is 0.877. The number of nitrogens with one attached hydrogen (secondary N) is 1. The third-order valence-electron chi connectivity index (χ3n) is 3.30. The minimum Gasteiger partial charge on any atom is -0.384 e. The highest BCUT2D eigenvalue weighted by atomic mass is 32.2. The fourth-order valence-electron chi connectivity index (χ4n) is 2.26. The highest BCUT2D eigenvalue weighted by Crippen LogP contribution is 2.26. The molecule has 1 heterocycles. The van der Waals surface area contributed by atoms with E-state index in [1.54, 1.807) is 12.1 Å². The molecule has 106 valence electrons. The lowest BCUT2D eigenvalue weighted by atomic mass is 10.1. The molecule has 1 aliphatic rings. The normalized spacial score (nSPS) is 19.5. The van der Waals surface area contributed by atoms with Crippen molar-refractivity contribution >= 4 is 27.3 Å². The summed E-state index contributed by atoms with van der Waals surface area (Å²) in [5.74, 6) is 3.27. The molecule has 0 bridgehead atoms. The van der Waals surface area contributed by atoms with Gasteiger partial charge in [0.05, 0.1) is 16.3 Å². The van der Waals surface area contributed by atoms with Gasteiger partial charge in [0, 0.05) is 6.54 Å². The van der Waals surface area contributed by atoms with Gasteiger partial charge in [-0.1, -0.05) is 19.1 Å². The van der Waals surface area contributed by atoms with E-state index in [1.165, 1.54) is 17.9 Å². The largest absolute Gasteiger partial charge is 0.384 e. The summed E-state index contributed by atoms with van der Waals surface area (Å²) in [7, 11) is -3.15. The van der Waals surface area contributed by atoms with E-state index in [1.807, 2.05) is 30.8 Å². The van der Waals surface area contributed by atoms with Crippen molar-refractivity contribution in [1.82, 2.24) is 0 Å². The van der Waals surface area contributed by atoms with E-state index in [0.29, 0.717) is 17.2 Å². The Labute approximate surface area is 120 Å². The number of sulfone groups is 1. The molecule has 5 heteroatoms. The molecule has 1 fully saturated rings. The fraction of sp³-hybridized carbons (Fsp3) is 0.571. The SMILES string of the molecule is CCCS(=O)(=O)c1ccccc1NCC1CCSC1. The fourth-order valence-corrected chi connectivity index (χ4v) is 5.06. The van der Waals surface area contributed by atoms with Gasteiger partial charge in [0.2, 0.25) is 0 Å². The van der Waals surface area contributed by atoms with Gasteiger partial charge in [-0.2, -0.15) is 11.8 Å². The summed E-state index contributed by atoms with van der Waals surface area (Å²) in [6, 6.07) is 7.25. The summed E-state index contributed by atoms with van der Waals surface area (Å²) in [6.07, 6.45) is 1.87. The number of para-hydroxylation sites is 1. The Morgan fingerprint density at radius 2 is 2.16 bits per heavy atom. The number of hydrogen-bond donors (Lipinski definition) is 1. The zero-order valence-corrected chi connectivity index (χ0v) is 12.9. The van der Waals surface area contributed by atoms with E-state index in [2.05, 4.69) is 5.32 Å². The van der Waals surface area contributed by atoms with Crippen LogP contribution in [0, 0.1) is 5.92 Å². The van der Waals surface area contributed by atoms with Crippen molar-refractivity contribution < 1.29 is 8.42 Å². The van der Waals surface area contributed by atoms with Crippen LogP contribution in [0.25, 0.3) is 0 Å². The van der Waals surface area contributed by atoms with Gasteiger partial charge in [0.25, 0.3) is 0 Å². The van der Waals surface area contributed by atoms with Crippen molar-refractivity contribution in [2.75, 3.05) is 29.1 Å². The van der Waals surface area contributed by atoms with E-state index < -0.39 is 9.84 Å². The highest BCUT2D eigenvalue weighted by Gasteiger charge is 2.19. The molecule has 0 radical (unpaired) electrons. The number of anilines is 1. The first-order chi connectivity index (χ1) is 9.13. The standard InChI is InChI=1S/C14H21NO2S2/c1-2-9-19(16,17)14-6-4-3-5-13(14)15-10-12-7-8-18-11-12/h3-6,12,15H,2,7-11H2,1H3. The summed E-state index contributed by atoms with van der Waals surface area (Å²) in [5, 5.41) is 3.33. The van der Waals surface area contributed by atoms with Crippen LogP contribution >= 0.6 is 11.8 Å². The summed E-state index contributed by atoms with van der Waals surface area (Å²) in [6.45, 7) is 2.76. The van der Waals surface area contributed by atoms with E-state index in [-0.39, 0.29) is 5.75 Å². The summed E-state index contributed by atoms with van der Waals surface area (Å²) >= 11 is 1.98. The van der Waals surface area contributed by atoms with Crippen molar-refractivity contribution in [1.29, 1.82) is 0 Å². The third kappa shape index (κ3) is 3.89. The van der Waals surface area contributed by atoms with Crippen LogP contribution in [-0.4, -0.2) is 32.2 Å². The molecule has 1 aliphatic heterocycles. The molecule has 1 unspecified atom stereocenters. The lowest BCUT2D eigenvalue weighted by Gasteiger charge is -2.15. The van der Waals surface area contributed by atoms with Gasteiger partial charge >= 0.3 is 0 Å². The smallest absolute Gasteiger partial charge is 0.180 e. The number of rotatable bonds is 6. The van der Waals surface area contributed by atoms with Gasteiger partial charge in [-0.15, -0.1) is 0 Å². The Balaban J connectivity index is 2.11. The van der Waals surface area contributed by atoms with Crippen LogP contribution in [0.5, 0.6) is 0 Å². The first-order valence-electron chi connectivity index (χ1n) is 6.77. The molecule has 0 spiro atoms. The Morgan fingerprint density at radius 1 is 1.37 bits per heavy atom. The molecule has 19 heavy (non-hydrogen) atoms. The maximum absolute atomic E-state index is 12.2. The highest BCUT2D eigenvalue weighted by molar-refractivity contribution is 7.99. The molecule has 1 saturated heterocycles. The maximum atomic E-state index is 12.2. The molecule has 0 saturated carbocycles. The van der Waals surface area contributed by atoms with Crippen LogP contribution in [0.4, 0.5) is 5.69 Å². The monoisotopic (exact) mass is 299 g/mol. The molecule has 0 aromatic heterocycles. The molecule has 0 amide bonds. The van der Waals surface area contributed by atoms with Crippen molar-refractivity contribution in [2.24, 2.45) is 5.92 Å². The summed E-state index contributed by atoms with van der Waals surface area (Å²) in [5.41, 5.74) is 0.757. The lowest BCUT2D eigenvalue weighted by molar-refractivity contribution is 0.594. The average Bonchev–Trinajstić information content (AvgIpc) is 2.90. The minimum absolute atomic E-state index is 0.213. The second-order valence-electron chi connectivity index (χ2n) is 4.93. The molecule has 1 aromatic carbocycles. The minimum atomic E-state index is -3.15. The van der Waals surface area contributed by atoms with Crippen LogP contribution in [-0.2, 0) is 9.84 Å². The van der Waals surface area contributed by atoms with Gasteiger partial charge in [-0.3, -0.25) is 0 Å². The predicted molar refractivity (Wildman–Crippen MR) is 82.7 cm³/mol. The molecule has 1 atom stereocenters. The maximum Gasteiger partial charge on any atom is 0.180 e. The van der Waals surface area contributed by atoms with Crippen molar-refractivity contribution in [3.05, 3.63) is 24.3 Å². The van der Waals surface area contributed by atoms with Crippen LogP contribution in [0.15, 0.2) is 29.2 Å². The van der Waals surface area contributed by atoms with Gasteiger partial charge in [-0.05, 0) is 42.4 Å². The topological polar surface area (TPSA) is 46.2 Å². The average molecular weight is 299 g/mol. The van der Waals surface area contributed by atoms with E-state index in [9.17, 15) is 8.42 Å². The first kappa shape index (κ1) is 14.7. The number of benzene rings is 1. The third-order valence-corrected chi connectivity index (χ3v) is 6.50. The summed E-state index contributed by atoms with van der Waals surface area (Å²) < 4.78 is 24.4. The Hall–Kier alpha value is -0.680. The van der Waals surface area contributed by atoms with Gasteiger partial charge in [0.1, 0.15) is 0 Å². The van der Waals surface area contributed by atoms with Crippen LogP contribution in [0.2, 0.25) is 0 Å². The second kappa shape index (κ2) is 6.66. The molecule has 2 rings (SSSR count). The molecule has 1 N–H and O–H groups in total. The zero-order valence-electron chi connectivity index (χ0n) is 11.3. The Bertz CT molecular complexity index is 508. The van der Waals surface area contributed by atoms with Crippen molar-refractivity contribution in [3.8, 4) is 0 Å². The van der Waals surface area contributed by atoms with Gasteiger partial charge in [0.15, 0.2) is 9.84 Å². The van der Waals surface area contributed by atoms with Crippen molar-refractivity contribution in [3.63, 3.8) is 0 Å². The van der Waals surface area contributed by atoms with E-state index >= 15 is 0 Å². The molecular weight excluding hydrogens is 278 g/mol. The van der Waals surface area contributed by atoms with E-state index in [4.69, 9.17) is 0 Å². The summed E-state index contributed by atoms with van der Waals surface area (Å²) in [4.78, 5) is 0.447. The lowest BCUT2D eigenvalue weighted by Crippen LogP contribution is -2.16. The zero-order chi connectivity index (χ0) is 13.7. The molecule has 0 aliphatic carbocycles. The second-order valence-corrected chi connectivity index (χ2v) is 8.15. The van der Waals surface area contributed by atoms with Crippen LogP contribution in [0.1, 0.15) is 19.8 Å². The Morgan fingerprint density at radius 3 is 2.84 bits per heavy atom. The number of hydrogen-bond acceptors (Lipinski definition) is 4. The van der Waals surface area contributed by atoms with E-state index in [0.717, 1.165) is 12.2 Å². The number of thioether (sulfide) groups is 1. The predicted octanol–water partition coefficient (Wildman–Crippen LogP) is 3.04. The van der Waals surface area contributed by atoms with Crippen LogP contribution in [0.3, 0.4) is 0 Å². The van der Waals surface area contributed by atoms with Crippen molar-refractivity contribution in [2.45, 2.75) is 24.7 Å². The Kier molecular flexibility index (Phi) is 5.16. The molecule has 1 aromatic rings.